The Morgan fingerprint density at radius 3 is 2.59 bits per heavy atom. The quantitative estimate of drug-likeness (QED) is 0.451. The molecule has 2 aromatic rings. The lowest BCUT2D eigenvalue weighted by Gasteiger charge is -2.35. The Morgan fingerprint density at radius 2 is 1.95 bits per heavy atom. The fourth-order valence-corrected chi connectivity index (χ4v) is 3.07. The first-order valence-corrected chi connectivity index (χ1v) is 7.11. The van der Waals surface area contributed by atoms with Crippen LogP contribution < -0.4 is 26.8 Å². The minimum Gasteiger partial charge on any atom is -0.399 e. The molecule has 0 aromatic heterocycles. The number of hydrogen-bond donors (Lipinski definition) is 3. The molecule has 0 atom stereocenters. The van der Waals surface area contributed by atoms with E-state index in [-0.39, 0.29) is 0 Å². The van der Waals surface area contributed by atoms with Crippen LogP contribution in [0.5, 0.6) is 0 Å². The Kier molecular flexibility index (Phi) is 3.22. The average molecular weight is 295 g/mol. The molecule has 114 valence electrons. The van der Waals surface area contributed by atoms with Gasteiger partial charge in [-0.2, -0.15) is 0 Å². The van der Waals surface area contributed by atoms with Gasteiger partial charge in [0.15, 0.2) is 0 Å². The first-order valence-electron chi connectivity index (χ1n) is 7.11. The maximum atomic E-state index is 6.02. The van der Waals surface area contributed by atoms with Gasteiger partial charge in [0.25, 0.3) is 0 Å². The van der Waals surface area contributed by atoms with E-state index in [9.17, 15) is 0 Å². The molecule has 5 N–H and O–H groups in total. The summed E-state index contributed by atoms with van der Waals surface area (Å²) in [5.74, 6) is 6.02. The summed E-state index contributed by atoms with van der Waals surface area (Å²) in [6.45, 7) is 4.30. The van der Waals surface area contributed by atoms with E-state index in [1.54, 1.807) is 5.01 Å². The molecule has 0 amide bonds. The van der Waals surface area contributed by atoms with Gasteiger partial charge in [-0.15, -0.1) is 0 Å². The molecule has 0 saturated carbocycles. The van der Waals surface area contributed by atoms with Crippen LogP contribution in [0.25, 0.3) is 5.57 Å². The Bertz CT molecular complexity index is 764. The summed E-state index contributed by atoms with van der Waals surface area (Å²) in [6, 6.07) is 9.93. The summed E-state index contributed by atoms with van der Waals surface area (Å²) in [5, 5.41) is 4.87. The van der Waals surface area contributed by atoms with Crippen molar-refractivity contribution >= 4 is 34.0 Å². The lowest BCUT2D eigenvalue weighted by Crippen LogP contribution is -2.28. The minimum absolute atomic E-state index is 0.726. The van der Waals surface area contributed by atoms with Crippen LogP contribution in [0.15, 0.2) is 36.9 Å². The molecule has 3 rings (SSSR count). The molecule has 1 aliphatic rings. The van der Waals surface area contributed by atoms with Gasteiger partial charge in [0.1, 0.15) is 0 Å². The van der Waals surface area contributed by atoms with Gasteiger partial charge in [0.2, 0.25) is 0 Å². The third-order valence-electron chi connectivity index (χ3n) is 4.15. The topological polar surface area (TPSA) is 70.5 Å². The maximum Gasteiger partial charge on any atom is 0.0745 e. The number of nitrogen functional groups attached to an aromatic ring is 1. The summed E-state index contributed by atoms with van der Waals surface area (Å²) < 4.78 is 0. The number of hydrazine groups is 1. The normalized spacial score (nSPS) is 12.7. The number of benzene rings is 2. The third-order valence-corrected chi connectivity index (χ3v) is 4.15. The predicted molar refractivity (Wildman–Crippen MR) is 95.6 cm³/mol. The second-order valence-electron chi connectivity index (χ2n) is 5.53. The van der Waals surface area contributed by atoms with Crippen LogP contribution >= 0.6 is 0 Å². The van der Waals surface area contributed by atoms with Gasteiger partial charge >= 0.3 is 0 Å². The van der Waals surface area contributed by atoms with Crippen LogP contribution in [0, 0.1) is 0 Å². The molecule has 0 aliphatic carbocycles. The summed E-state index contributed by atoms with van der Waals surface area (Å²) >= 11 is 0. The Labute approximate surface area is 130 Å². The zero-order valence-electron chi connectivity index (χ0n) is 13.1. The van der Waals surface area contributed by atoms with Crippen LogP contribution in [0.1, 0.15) is 11.1 Å². The molecule has 5 nitrogen and oxygen atoms in total. The van der Waals surface area contributed by atoms with Crippen molar-refractivity contribution in [3.05, 3.63) is 48.0 Å². The summed E-state index contributed by atoms with van der Waals surface area (Å²) in [4.78, 5) is 2.15. The molecule has 1 aliphatic heterocycles. The van der Waals surface area contributed by atoms with Crippen molar-refractivity contribution < 1.29 is 0 Å². The van der Waals surface area contributed by atoms with Gasteiger partial charge in [-0.05, 0) is 35.9 Å². The van der Waals surface area contributed by atoms with Gasteiger partial charge in [-0.25, -0.2) is 5.84 Å². The molecule has 0 spiro atoms. The largest absolute Gasteiger partial charge is 0.399 e. The van der Waals surface area contributed by atoms with Crippen molar-refractivity contribution in [2.45, 2.75) is 0 Å². The molecule has 0 fully saturated rings. The van der Waals surface area contributed by atoms with Crippen molar-refractivity contribution in [3.63, 3.8) is 0 Å². The van der Waals surface area contributed by atoms with Crippen molar-refractivity contribution in [2.24, 2.45) is 5.84 Å². The lowest BCUT2D eigenvalue weighted by atomic mass is 9.89. The number of hydrogen-bond acceptors (Lipinski definition) is 5. The zero-order chi connectivity index (χ0) is 16.0. The van der Waals surface area contributed by atoms with E-state index in [2.05, 4.69) is 16.8 Å². The lowest BCUT2D eigenvalue weighted by molar-refractivity contribution is 1.01. The molecule has 0 saturated heterocycles. The molecule has 0 radical (unpaired) electrons. The molecule has 5 heteroatoms. The standard InChI is InChI=1S/C17H21N5/c1-10-12-9-11(18)5-7-14(12)21(3)17-13(20-2)6-8-15(16(10)17)22(4)19/h5-9,20H,1,18-19H2,2-4H3. The molecule has 0 bridgehead atoms. The number of nitrogens with zero attached hydrogens (tertiary/aromatic N) is 2. The molecular weight excluding hydrogens is 274 g/mol. The second kappa shape index (κ2) is 4.96. The third kappa shape index (κ3) is 1.90. The molecule has 22 heavy (non-hydrogen) atoms. The molecule has 0 unspecified atom stereocenters. The number of nitrogens with two attached hydrogens (primary N) is 2. The van der Waals surface area contributed by atoms with Gasteiger partial charge in [-0.3, -0.25) is 0 Å². The van der Waals surface area contributed by atoms with E-state index < -0.39 is 0 Å². The van der Waals surface area contributed by atoms with Crippen molar-refractivity contribution in [2.75, 3.05) is 42.1 Å². The van der Waals surface area contributed by atoms with Gasteiger partial charge in [-0.1, -0.05) is 6.58 Å². The Hall–Kier alpha value is -2.66. The van der Waals surface area contributed by atoms with Crippen molar-refractivity contribution in [1.82, 2.24) is 0 Å². The first kappa shape index (κ1) is 14.3. The number of rotatable bonds is 2. The number of nitrogens with one attached hydrogen (secondary N) is 1. The fraction of sp³-hybridized carbons (Fsp3) is 0.176. The van der Waals surface area contributed by atoms with Gasteiger partial charge in [0, 0.05) is 43.6 Å². The molecular formula is C17H21N5. The highest BCUT2D eigenvalue weighted by molar-refractivity contribution is 6.05. The average Bonchev–Trinajstić information content (AvgIpc) is 2.50. The number of anilines is 5. The number of fused-ring (bicyclic) bond motifs is 2. The van der Waals surface area contributed by atoms with E-state index in [0.717, 1.165) is 45.1 Å². The zero-order valence-corrected chi connectivity index (χ0v) is 13.1. The highest BCUT2D eigenvalue weighted by Gasteiger charge is 2.28. The predicted octanol–water partition coefficient (Wildman–Crippen LogP) is 2.76. The smallest absolute Gasteiger partial charge is 0.0745 e. The van der Waals surface area contributed by atoms with Crippen molar-refractivity contribution in [1.29, 1.82) is 0 Å². The van der Waals surface area contributed by atoms with Gasteiger partial charge < -0.3 is 21.0 Å². The molecule has 1 heterocycles. The van der Waals surface area contributed by atoms with E-state index in [0.29, 0.717) is 0 Å². The Morgan fingerprint density at radius 1 is 1.23 bits per heavy atom. The van der Waals surface area contributed by atoms with E-state index in [1.165, 1.54) is 0 Å². The highest BCUT2D eigenvalue weighted by Crippen LogP contribution is 2.50. The first-order chi connectivity index (χ1) is 10.5. The fourth-order valence-electron chi connectivity index (χ4n) is 3.07. The summed E-state index contributed by atoms with van der Waals surface area (Å²) in [5.41, 5.74) is 13.8. The van der Waals surface area contributed by atoms with Crippen LogP contribution in [0.3, 0.4) is 0 Å². The van der Waals surface area contributed by atoms with Crippen LogP contribution in [-0.4, -0.2) is 21.1 Å². The van der Waals surface area contributed by atoms with E-state index in [4.69, 9.17) is 11.6 Å². The maximum absolute atomic E-state index is 6.02. The summed E-state index contributed by atoms with van der Waals surface area (Å²) in [7, 11) is 5.79. The Balaban J connectivity index is 2.35. The van der Waals surface area contributed by atoms with Crippen molar-refractivity contribution in [3.8, 4) is 0 Å². The van der Waals surface area contributed by atoms with Crippen LogP contribution in [0.4, 0.5) is 28.4 Å². The SMILES string of the molecule is C=C1c2cc(N)ccc2N(C)c2c(NC)ccc(N(C)N)c21. The van der Waals surface area contributed by atoms with Crippen LogP contribution in [-0.2, 0) is 0 Å². The van der Waals surface area contributed by atoms with Gasteiger partial charge in [0.05, 0.1) is 17.1 Å². The molecule has 2 aromatic carbocycles. The highest BCUT2D eigenvalue weighted by atomic mass is 15.4. The monoisotopic (exact) mass is 295 g/mol. The van der Waals surface area contributed by atoms with E-state index >= 15 is 0 Å². The second-order valence-corrected chi connectivity index (χ2v) is 5.53. The summed E-state index contributed by atoms with van der Waals surface area (Å²) in [6.07, 6.45) is 0. The minimum atomic E-state index is 0.726. The van der Waals surface area contributed by atoms with Crippen LogP contribution in [0.2, 0.25) is 0 Å². The van der Waals surface area contributed by atoms with E-state index in [1.807, 2.05) is 51.5 Å².